The van der Waals surface area contributed by atoms with Crippen LogP contribution >= 0.6 is 15.9 Å². The molecule has 1 aliphatic heterocycles. The molecule has 0 aromatic heterocycles. The zero-order valence-corrected chi connectivity index (χ0v) is 20.0. The predicted octanol–water partition coefficient (Wildman–Crippen LogP) is 3.09. The van der Waals surface area contributed by atoms with Crippen LogP contribution in [0.1, 0.15) is 38.7 Å². The van der Waals surface area contributed by atoms with Crippen molar-refractivity contribution < 1.29 is 48.7 Å². The van der Waals surface area contributed by atoms with Crippen LogP contribution in [0.2, 0.25) is 0 Å². The van der Waals surface area contributed by atoms with Gasteiger partial charge in [0.05, 0.1) is 18.9 Å². The molecule has 0 unspecified atom stereocenters. The van der Waals surface area contributed by atoms with E-state index in [1.807, 2.05) is 0 Å². The minimum atomic E-state index is -1.41. The molecule has 3 N–H and O–H groups in total. The van der Waals surface area contributed by atoms with Gasteiger partial charge in [0.1, 0.15) is 12.4 Å². The third-order valence-electron chi connectivity index (χ3n) is 5.84. The van der Waals surface area contributed by atoms with Crippen molar-refractivity contribution >= 4 is 39.8 Å². The molecule has 0 amide bonds. The van der Waals surface area contributed by atoms with E-state index in [0.29, 0.717) is 11.3 Å². The van der Waals surface area contributed by atoms with Gasteiger partial charge in [-0.2, -0.15) is 0 Å². The molecule has 1 aromatic carbocycles. The van der Waals surface area contributed by atoms with Gasteiger partial charge in [-0.15, -0.1) is 0 Å². The molecule has 10 nitrogen and oxygen atoms in total. The largest absolute Gasteiger partial charge is 0.481 e. The molecule has 182 valence electrons. The van der Waals surface area contributed by atoms with E-state index in [-0.39, 0.29) is 6.61 Å². The highest BCUT2D eigenvalue weighted by Crippen LogP contribution is 2.50. The Morgan fingerprint density at radius 2 is 1.73 bits per heavy atom. The first-order valence-corrected chi connectivity index (χ1v) is 11.0. The first-order valence-electron chi connectivity index (χ1n) is 10.2. The summed E-state index contributed by atoms with van der Waals surface area (Å²) < 4.78 is 18.0. The number of hydrogen-bond donors (Lipinski definition) is 3. The van der Waals surface area contributed by atoms with Gasteiger partial charge in [-0.05, 0) is 36.6 Å². The van der Waals surface area contributed by atoms with Crippen molar-refractivity contribution in [2.24, 2.45) is 17.3 Å². The standard InChI is InChI=1S/C22H27BrO10/c1-11-6-13(23)4-5-16(11)32-21-22(3,9-20(29)30)15(8-19(27)28)14(7-18(25)26)17(33-21)10-31-12(2)24/h4-6,14-15,17,21H,7-10H2,1-3H3,(H,25,26)(H,27,28)(H,29,30)/t14-,15+,17+,21+,22+/m1/s1. The van der Waals surface area contributed by atoms with Crippen LogP contribution in [-0.4, -0.2) is 58.2 Å². The Bertz CT molecular complexity index is 916. The monoisotopic (exact) mass is 530 g/mol. The number of carbonyl (C=O) groups excluding carboxylic acids is 1. The number of aliphatic carboxylic acids is 3. The van der Waals surface area contributed by atoms with Gasteiger partial charge in [-0.3, -0.25) is 19.2 Å². The number of hydrogen-bond acceptors (Lipinski definition) is 7. The number of carboxylic acids is 3. The molecule has 0 saturated carbocycles. The molecule has 1 aromatic rings. The number of esters is 1. The Balaban J connectivity index is 2.57. The fourth-order valence-corrected chi connectivity index (χ4v) is 4.79. The summed E-state index contributed by atoms with van der Waals surface area (Å²) in [5.41, 5.74) is -0.694. The Labute approximate surface area is 199 Å². The minimum Gasteiger partial charge on any atom is -0.481 e. The van der Waals surface area contributed by atoms with Crippen LogP contribution in [0, 0.1) is 24.2 Å². The predicted molar refractivity (Wildman–Crippen MR) is 117 cm³/mol. The molecule has 11 heteroatoms. The third-order valence-corrected chi connectivity index (χ3v) is 6.33. The fraction of sp³-hybridized carbons (Fsp3) is 0.545. The lowest BCUT2D eigenvalue weighted by molar-refractivity contribution is -0.269. The number of halogens is 1. The van der Waals surface area contributed by atoms with E-state index < -0.39 is 72.8 Å². The Morgan fingerprint density at radius 1 is 1.09 bits per heavy atom. The highest BCUT2D eigenvalue weighted by Gasteiger charge is 2.56. The lowest BCUT2D eigenvalue weighted by Gasteiger charge is -2.52. The van der Waals surface area contributed by atoms with Crippen LogP contribution in [0.5, 0.6) is 5.75 Å². The molecule has 1 heterocycles. The van der Waals surface area contributed by atoms with Crippen molar-refractivity contribution in [3.05, 3.63) is 28.2 Å². The first kappa shape index (κ1) is 26.6. The van der Waals surface area contributed by atoms with Gasteiger partial charge in [0.15, 0.2) is 0 Å². The van der Waals surface area contributed by atoms with Crippen LogP contribution in [0.25, 0.3) is 0 Å². The van der Waals surface area contributed by atoms with Gasteiger partial charge in [0.25, 0.3) is 0 Å². The molecule has 1 saturated heterocycles. The van der Waals surface area contributed by atoms with Gasteiger partial charge in [-0.1, -0.05) is 22.9 Å². The van der Waals surface area contributed by atoms with Crippen molar-refractivity contribution in [2.45, 2.75) is 52.4 Å². The van der Waals surface area contributed by atoms with Gasteiger partial charge in [-0.25, -0.2) is 0 Å². The van der Waals surface area contributed by atoms with Crippen molar-refractivity contribution in [2.75, 3.05) is 6.61 Å². The van der Waals surface area contributed by atoms with E-state index in [0.717, 1.165) is 4.47 Å². The maximum atomic E-state index is 11.8. The average Bonchev–Trinajstić information content (AvgIpc) is 2.66. The van der Waals surface area contributed by atoms with Gasteiger partial charge >= 0.3 is 23.9 Å². The molecule has 33 heavy (non-hydrogen) atoms. The fourth-order valence-electron chi connectivity index (χ4n) is 4.31. The first-order chi connectivity index (χ1) is 15.3. The highest BCUT2D eigenvalue weighted by molar-refractivity contribution is 9.10. The molecular formula is C22H27BrO10. The number of aryl methyl sites for hydroxylation is 1. The van der Waals surface area contributed by atoms with Crippen molar-refractivity contribution in [1.82, 2.24) is 0 Å². The highest BCUT2D eigenvalue weighted by atomic mass is 79.9. The van der Waals surface area contributed by atoms with Crippen LogP contribution in [0.3, 0.4) is 0 Å². The lowest BCUT2D eigenvalue weighted by atomic mass is 9.62. The number of benzene rings is 1. The van der Waals surface area contributed by atoms with Gasteiger partial charge in [0, 0.05) is 29.2 Å². The normalized spacial score (nSPS) is 26.9. The molecule has 0 bridgehead atoms. The Kier molecular flexibility index (Phi) is 8.84. The Morgan fingerprint density at radius 3 is 2.24 bits per heavy atom. The maximum Gasteiger partial charge on any atom is 0.304 e. The summed E-state index contributed by atoms with van der Waals surface area (Å²) >= 11 is 3.35. The summed E-state index contributed by atoms with van der Waals surface area (Å²) in [7, 11) is 0. The summed E-state index contributed by atoms with van der Waals surface area (Å²) in [6.45, 7) is 4.14. The number of ether oxygens (including phenoxy) is 3. The summed E-state index contributed by atoms with van der Waals surface area (Å²) in [5.74, 6) is -5.79. The molecule has 2 rings (SSSR count). The quantitative estimate of drug-likeness (QED) is 0.384. The summed E-state index contributed by atoms with van der Waals surface area (Å²) in [6, 6.07) is 5.16. The van der Waals surface area contributed by atoms with Gasteiger partial charge < -0.3 is 29.5 Å². The summed E-state index contributed by atoms with van der Waals surface area (Å²) in [6.07, 6.45) is -3.80. The maximum absolute atomic E-state index is 11.8. The molecule has 0 radical (unpaired) electrons. The molecule has 1 aliphatic rings. The second kappa shape index (κ2) is 11.0. The van der Waals surface area contributed by atoms with Gasteiger partial charge in [0.2, 0.25) is 6.29 Å². The lowest BCUT2D eigenvalue weighted by Crippen LogP contribution is -2.59. The van der Waals surface area contributed by atoms with Crippen LogP contribution in [0.4, 0.5) is 0 Å². The second-order valence-electron chi connectivity index (χ2n) is 8.38. The summed E-state index contributed by atoms with van der Waals surface area (Å²) in [5, 5.41) is 28.7. The van der Waals surface area contributed by atoms with Crippen molar-refractivity contribution in [3.63, 3.8) is 0 Å². The average molecular weight is 531 g/mol. The Hall–Kier alpha value is -2.66. The number of carbonyl (C=O) groups is 4. The molecule has 0 aliphatic carbocycles. The molecule has 0 spiro atoms. The number of carboxylic acid groups (broad SMARTS) is 3. The molecule has 1 fully saturated rings. The van der Waals surface area contributed by atoms with E-state index in [9.17, 15) is 34.5 Å². The van der Waals surface area contributed by atoms with Crippen LogP contribution in [0.15, 0.2) is 22.7 Å². The van der Waals surface area contributed by atoms with Crippen molar-refractivity contribution in [1.29, 1.82) is 0 Å². The minimum absolute atomic E-state index is 0.328. The molecular weight excluding hydrogens is 504 g/mol. The molecule has 5 atom stereocenters. The second-order valence-corrected chi connectivity index (χ2v) is 9.29. The SMILES string of the molecule is CC(=O)OC[C@@H]1O[C@H](Oc2ccc(Br)cc2C)[C@@](C)(CC(=O)O)[C@@H](CC(=O)O)[C@H]1CC(=O)O. The zero-order valence-electron chi connectivity index (χ0n) is 18.4. The third kappa shape index (κ3) is 6.91. The topological polar surface area (TPSA) is 157 Å². The van der Waals surface area contributed by atoms with Crippen LogP contribution in [-0.2, 0) is 28.7 Å². The summed E-state index contributed by atoms with van der Waals surface area (Å²) in [4.78, 5) is 46.5. The smallest absolute Gasteiger partial charge is 0.304 e. The van der Waals surface area contributed by atoms with E-state index in [1.54, 1.807) is 25.1 Å². The zero-order chi connectivity index (χ0) is 24.9. The van der Waals surface area contributed by atoms with Crippen LogP contribution < -0.4 is 4.74 Å². The van der Waals surface area contributed by atoms with Crippen molar-refractivity contribution in [3.8, 4) is 5.75 Å². The van der Waals surface area contributed by atoms with E-state index in [2.05, 4.69) is 15.9 Å². The number of rotatable bonds is 10. The van der Waals surface area contributed by atoms with E-state index in [4.69, 9.17) is 14.2 Å². The van der Waals surface area contributed by atoms with E-state index >= 15 is 0 Å². The van der Waals surface area contributed by atoms with E-state index in [1.165, 1.54) is 13.8 Å².